The molecule has 2 aromatic heterocycles. The molecule has 26 heavy (non-hydrogen) atoms. The highest BCUT2D eigenvalue weighted by Crippen LogP contribution is 2.37. The average Bonchev–Trinajstić information content (AvgIpc) is 3.02. The third kappa shape index (κ3) is 4.22. The summed E-state index contributed by atoms with van der Waals surface area (Å²) in [4.78, 5) is 16.9. The van der Waals surface area contributed by atoms with Crippen LogP contribution >= 0.6 is 0 Å². The van der Waals surface area contributed by atoms with Gasteiger partial charge in [-0.3, -0.25) is 14.5 Å². The van der Waals surface area contributed by atoms with E-state index in [1.165, 1.54) is 0 Å². The highest BCUT2D eigenvalue weighted by Gasteiger charge is 2.36. The first kappa shape index (κ1) is 18.4. The summed E-state index contributed by atoms with van der Waals surface area (Å²) in [7, 11) is 1.85. The van der Waals surface area contributed by atoms with Gasteiger partial charge in [-0.2, -0.15) is 5.10 Å². The minimum Gasteiger partial charge on any atom is -0.482 e. The van der Waals surface area contributed by atoms with E-state index in [1.807, 2.05) is 39.2 Å². The summed E-state index contributed by atoms with van der Waals surface area (Å²) in [5.74, 6) is 0.665. The van der Waals surface area contributed by atoms with Gasteiger partial charge in [0.05, 0.1) is 24.0 Å². The van der Waals surface area contributed by atoms with Crippen LogP contribution in [0.25, 0.3) is 0 Å². The van der Waals surface area contributed by atoms with E-state index >= 15 is 0 Å². The molecule has 0 radical (unpaired) electrons. The molecule has 1 aliphatic rings. The lowest BCUT2D eigenvalue weighted by Gasteiger charge is -2.37. The number of carbonyl (C=O) groups is 1. The zero-order valence-corrected chi connectivity index (χ0v) is 15.5. The van der Waals surface area contributed by atoms with Gasteiger partial charge in [-0.25, -0.2) is 0 Å². The van der Waals surface area contributed by atoms with E-state index in [2.05, 4.69) is 15.4 Å². The molecule has 1 amide bonds. The molecule has 0 saturated heterocycles. The number of aromatic nitrogens is 3. The normalized spacial score (nSPS) is 20.3. The quantitative estimate of drug-likeness (QED) is 0.786. The Morgan fingerprint density at radius 1 is 1.46 bits per heavy atom. The third-order valence-corrected chi connectivity index (χ3v) is 4.79. The number of aliphatic hydroxyl groups excluding tert-OH is 1. The largest absolute Gasteiger partial charge is 0.482 e. The number of ether oxygens (including phenoxy) is 1. The molecule has 0 aliphatic heterocycles. The maximum Gasteiger partial charge on any atom is 0.258 e. The number of aliphatic hydroxyl groups is 1. The average molecular weight is 358 g/mol. The van der Waals surface area contributed by atoms with Crippen molar-refractivity contribution in [3.05, 3.63) is 41.5 Å². The topological polar surface area (TPSA) is 89.3 Å². The van der Waals surface area contributed by atoms with Crippen molar-refractivity contribution in [1.29, 1.82) is 0 Å². The first-order valence-electron chi connectivity index (χ1n) is 9.01. The zero-order chi connectivity index (χ0) is 18.7. The van der Waals surface area contributed by atoms with E-state index in [0.29, 0.717) is 18.6 Å². The molecule has 2 N–H and O–H groups in total. The monoisotopic (exact) mass is 358 g/mol. The zero-order valence-electron chi connectivity index (χ0n) is 15.5. The Balaban J connectivity index is 1.63. The molecular weight excluding hydrogens is 332 g/mol. The summed E-state index contributed by atoms with van der Waals surface area (Å²) in [6.07, 6.45) is 5.49. The SMILES string of the molecule is CCc1nc(C)ccc1OCC(=O)N[C@H](c1cnn(C)c1)C1CC(O)C1. The maximum atomic E-state index is 12.5. The number of pyridine rings is 1. The predicted octanol–water partition coefficient (Wildman–Crippen LogP) is 1.69. The number of carbonyl (C=O) groups excluding carboxylic acids is 1. The van der Waals surface area contributed by atoms with E-state index in [1.54, 1.807) is 10.9 Å². The summed E-state index contributed by atoms with van der Waals surface area (Å²) in [6.45, 7) is 3.87. The number of amides is 1. The number of hydrogen-bond donors (Lipinski definition) is 2. The number of aryl methyl sites for hydroxylation is 3. The lowest BCUT2D eigenvalue weighted by Crippen LogP contribution is -2.42. The van der Waals surface area contributed by atoms with Crippen molar-refractivity contribution >= 4 is 5.91 Å². The van der Waals surface area contributed by atoms with Crippen molar-refractivity contribution in [2.45, 2.75) is 45.3 Å². The molecule has 3 rings (SSSR count). The second-order valence-corrected chi connectivity index (χ2v) is 6.92. The Morgan fingerprint density at radius 2 is 2.23 bits per heavy atom. The highest BCUT2D eigenvalue weighted by atomic mass is 16.5. The lowest BCUT2D eigenvalue weighted by molar-refractivity contribution is -0.125. The van der Waals surface area contributed by atoms with Gasteiger partial charge < -0.3 is 15.2 Å². The Morgan fingerprint density at radius 3 is 2.85 bits per heavy atom. The number of nitrogens with zero attached hydrogens (tertiary/aromatic N) is 3. The van der Waals surface area contributed by atoms with Gasteiger partial charge in [0, 0.05) is 24.5 Å². The van der Waals surface area contributed by atoms with E-state index < -0.39 is 0 Å². The minimum absolute atomic E-state index is 0.0657. The van der Waals surface area contributed by atoms with Crippen LogP contribution in [0.5, 0.6) is 5.75 Å². The van der Waals surface area contributed by atoms with Gasteiger partial charge >= 0.3 is 0 Å². The number of nitrogens with one attached hydrogen (secondary N) is 1. The van der Waals surface area contributed by atoms with Crippen LogP contribution in [-0.4, -0.2) is 38.5 Å². The summed E-state index contributed by atoms with van der Waals surface area (Å²) in [6, 6.07) is 3.57. The molecule has 1 aliphatic carbocycles. The molecule has 0 aromatic carbocycles. The van der Waals surface area contributed by atoms with Crippen molar-refractivity contribution in [2.75, 3.05) is 6.61 Å². The third-order valence-electron chi connectivity index (χ3n) is 4.79. The van der Waals surface area contributed by atoms with Crippen LogP contribution in [0.3, 0.4) is 0 Å². The molecule has 0 spiro atoms. The van der Waals surface area contributed by atoms with Crippen LogP contribution in [0.4, 0.5) is 0 Å². The van der Waals surface area contributed by atoms with Gasteiger partial charge in [0.2, 0.25) is 0 Å². The van der Waals surface area contributed by atoms with Gasteiger partial charge in [-0.1, -0.05) is 6.92 Å². The van der Waals surface area contributed by atoms with Gasteiger partial charge in [-0.05, 0) is 44.2 Å². The molecule has 0 unspecified atom stereocenters. The van der Waals surface area contributed by atoms with Crippen LogP contribution in [0, 0.1) is 12.8 Å². The van der Waals surface area contributed by atoms with Crippen LogP contribution in [0.15, 0.2) is 24.5 Å². The fourth-order valence-corrected chi connectivity index (χ4v) is 3.32. The molecule has 7 heteroatoms. The van der Waals surface area contributed by atoms with Crippen LogP contribution in [0.2, 0.25) is 0 Å². The smallest absolute Gasteiger partial charge is 0.258 e. The molecular formula is C19H26N4O3. The fourth-order valence-electron chi connectivity index (χ4n) is 3.32. The molecule has 0 bridgehead atoms. The summed E-state index contributed by atoms with van der Waals surface area (Å²) < 4.78 is 7.41. The highest BCUT2D eigenvalue weighted by molar-refractivity contribution is 5.78. The summed E-state index contributed by atoms with van der Waals surface area (Å²) >= 11 is 0. The van der Waals surface area contributed by atoms with Crippen molar-refractivity contribution in [2.24, 2.45) is 13.0 Å². The minimum atomic E-state index is -0.280. The molecule has 1 saturated carbocycles. The van der Waals surface area contributed by atoms with Crippen molar-refractivity contribution in [3.8, 4) is 5.75 Å². The van der Waals surface area contributed by atoms with Crippen molar-refractivity contribution in [3.63, 3.8) is 0 Å². The molecule has 1 atom stereocenters. The number of hydrogen-bond acceptors (Lipinski definition) is 5. The maximum absolute atomic E-state index is 12.5. The van der Waals surface area contributed by atoms with Crippen LogP contribution in [-0.2, 0) is 18.3 Å². The van der Waals surface area contributed by atoms with E-state index in [0.717, 1.165) is 23.4 Å². The van der Waals surface area contributed by atoms with Crippen molar-refractivity contribution in [1.82, 2.24) is 20.1 Å². The second kappa shape index (κ2) is 7.86. The Kier molecular flexibility index (Phi) is 5.56. The lowest BCUT2D eigenvalue weighted by atomic mass is 9.75. The molecule has 2 heterocycles. The standard InChI is InChI=1S/C19H26N4O3/c1-4-16-17(6-5-12(2)21-16)26-11-18(25)22-19(13-7-15(24)8-13)14-9-20-23(3)10-14/h5-6,9-10,13,15,19,24H,4,7-8,11H2,1-3H3,(H,22,25)/t13?,15?,19-/m0/s1. The van der Waals surface area contributed by atoms with Crippen LogP contribution < -0.4 is 10.1 Å². The van der Waals surface area contributed by atoms with Gasteiger partial charge in [0.1, 0.15) is 5.75 Å². The second-order valence-electron chi connectivity index (χ2n) is 6.92. The Bertz CT molecular complexity index is 768. The van der Waals surface area contributed by atoms with Gasteiger partial charge in [0.15, 0.2) is 6.61 Å². The van der Waals surface area contributed by atoms with E-state index in [4.69, 9.17) is 4.74 Å². The first-order chi connectivity index (χ1) is 12.5. The Labute approximate surface area is 153 Å². The molecule has 1 fully saturated rings. The molecule has 140 valence electrons. The van der Waals surface area contributed by atoms with Gasteiger partial charge in [0.25, 0.3) is 5.91 Å². The summed E-state index contributed by atoms with van der Waals surface area (Å²) in [5.41, 5.74) is 2.73. The van der Waals surface area contributed by atoms with Gasteiger partial charge in [-0.15, -0.1) is 0 Å². The number of rotatable bonds is 7. The Hall–Kier alpha value is -2.41. The molecule has 7 nitrogen and oxygen atoms in total. The fraction of sp³-hybridized carbons (Fsp3) is 0.526. The van der Waals surface area contributed by atoms with Crippen LogP contribution in [0.1, 0.15) is 42.8 Å². The predicted molar refractivity (Wildman–Crippen MR) is 96.7 cm³/mol. The van der Waals surface area contributed by atoms with E-state index in [-0.39, 0.29) is 30.6 Å². The van der Waals surface area contributed by atoms with Crippen molar-refractivity contribution < 1.29 is 14.6 Å². The summed E-state index contributed by atoms with van der Waals surface area (Å²) in [5, 5.41) is 16.9. The van der Waals surface area contributed by atoms with E-state index in [9.17, 15) is 9.90 Å². The first-order valence-corrected chi connectivity index (χ1v) is 9.01. The molecule has 2 aromatic rings.